The minimum absolute atomic E-state index is 0.0581. The van der Waals surface area contributed by atoms with E-state index < -0.39 is 10.0 Å². The first-order chi connectivity index (χ1) is 9.49. The van der Waals surface area contributed by atoms with Crippen LogP contribution in [-0.2, 0) is 16.6 Å². The number of primary sulfonamides is 1. The second-order valence-electron chi connectivity index (χ2n) is 3.94. The van der Waals surface area contributed by atoms with Crippen LogP contribution in [0.4, 0.5) is 5.82 Å². The van der Waals surface area contributed by atoms with Crippen LogP contribution in [0.3, 0.4) is 0 Å². The standard InChI is InChI=1S/C12H11N5O2S/c13-5-10-7-17-12(8-15-10)16-6-9-2-1-3-11(4-9)20(14,18)19/h1-4,7-8H,6H2,(H,16,17)(H2,14,18,19). The Morgan fingerprint density at radius 2 is 2.10 bits per heavy atom. The van der Waals surface area contributed by atoms with Crippen LogP contribution in [-0.4, -0.2) is 18.4 Å². The molecule has 2 aromatic rings. The number of benzene rings is 1. The molecule has 1 aromatic carbocycles. The third-order valence-corrected chi connectivity index (χ3v) is 3.38. The van der Waals surface area contributed by atoms with Gasteiger partial charge in [0.1, 0.15) is 11.9 Å². The first kappa shape index (κ1) is 13.9. The summed E-state index contributed by atoms with van der Waals surface area (Å²) in [5, 5.41) is 16.6. The highest BCUT2D eigenvalue weighted by atomic mass is 32.2. The van der Waals surface area contributed by atoms with E-state index in [1.165, 1.54) is 24.5 Å². The zero-order chi connectivity index (χ0) is 14.6. The molecule has 0 spiro atoms. The molecule has 0 radical (unpaired) electrons. The molecule has 8 heteroatoms. The van der Waals surface area contributed by atoms with Gasteiger partial charge >= 0.3 is 0 Å². The zero-order valence-corrected chi connectivity index (χ0v) is 11.1. The van der Waals surface area contributed by atoms with Crippen LogP contribution in [0, 0.1) is 11.3 Å². The van der Waals surface area contributed by atoms with Crippen molar-refractivity contribution in [2.75, 3.05) is 5.32 Å². The molecule has 0 fully saturated rings. The Bertz CT molecular complexity index is 750. The lowest BCUT2D eigenvalue weighted by Gasteiger charge is -2.06. The normalized spacial score (nSPS) is 10.8. The van der Waals surface area contributed by atoms with E-state index >= 15 is 0 Å². The molecule has 0 aliphatic heterocycles. The summed E-state index contributed by atoms with van der Waals surface area (Å²) in [5.41, 5.74) is 0.967. The highest BCUT2D eigenvalue weighted by Gasteiger charge is 2.07. The van der Waals surface area contributed by atoms with Gasteiger partial charge in [0.2, 0.25) is 10.0 Å². The van der Waals surface area contributed by atoms with E-state index in [1.807, 2.05) is 6.07 Å². The first-order valence-corrected chi connectivity index (χ1v) is 7.11. The van der Waals surface area contributed by atoms with Crippen molar-refractivity contribution in [1.29, 1.82) is 5.26 Å². The van der Waals surface area contributed by atoms with Gasteiger partial charge in [-0.25, -0.2) is 23.5 Å². The highest BCUT2D eigenvalue weighted by Crippen LogP contribution is 2.11. The average molecular weight is 289 g/mol. The maximum Gasteiger partial charge on any atom is 0.238 e. The number of rotatable bonds is 4. The second kappa shape index (κ2) is 5.64. The lowest BCUT2D eigenvalue weighted by Crippen LogP contribution is -2.12. The Morgan fingerprint density at radius 3 is 2.70 bits per heavy atom. The monoisotopic (exact) mass is 289 g/mol. The molecule has 0 saturated carbocycles. The molecular formula is C12H11N5O2S. The number of hydrogen-bond acceptors (Lipinski definition) is 6. The molecule has 0 amide bonds. The van der Waals surface area contributed by atoms with Crippen molar-refractivity contribution in [2.45, 2.75) is 11.4 Å². The van der Waals surface area contributed by atoms with Gasteiger partial charge in [-0.1, -0.05) is 12.1 Å². The summed E-state index contributed by atoms with van der Waals surface area (Å²) in [4.78, 5) is 7.92. The van der Waals surface area contributed by atoms with Gasteiger partial charge in [0.05, 0.1) is 17.3 Å². The average Bonchev–Trinajstić information content (AvgIpc) is 2.45. The van der Waals surface area contributed by atoms with Crippen molar-refractivity contribution < 1.29 is 8.42 Å². The fourth-order valence-corrected chi connectivity index (χ4v) is 2.09. The van der Waals surface area contributed by atoms with Gasteiger partial charge in [-0.15, -0.1) is 0 Å². The van der Waals surface area contributed by atoms with Crippen molar-refractivity contribution in [2.24, 2.45) is 5.14 Å². The number of nitrogens with one attached hydrogen (secondary N) is 1. The number of anilines is 1. The predicted octanol–water partition coefficient (Wildman–Crippen LogP) is 0.608. The summed E-state index contributed by atoms with van der Waals surface area (Å²) in [5.74, 6) is 0.491. The Kier molecular flexibility index (Phi) is 3.93. The fourth-order valence-electron chi connectivity index (χ4n) is 1.50. The van der Waals surface area contributed by atoms with Gasteiger partial charge in [0.25, 0.3) is 0 Å². The van der Waals surface area contributed by atoms with Crippen molar-refractivity contribution in [3.05, 3.63) is 47.9 Å². The molecule has 0 unspecified atom stereocenters. The largest absolute Gasteiger partial charge is 0.365 e. The number of sulfonamides is 1. The SMILES string of the molecule is N#Cc1cnc(NCc2cccc(S(N)(=O)=O)c2)cn1. The van der Waals surface area contributed by atoms with E-state index in [2.05, 4.69) is 15.3 Å². The summed E-state index contributed by atoms with van der Waals surface area (Å²) < 4.78 is 22.5. The van der Waals surface area contributed by atoms with Gasteiger partial charge in [-0.3, -0.25) is 0 Å². The van der Waals surface area contributed by atoms with E-state index in [-0.39, 0.29) is 10.6 Å². The number of nitriles is 1. The van der Waals surface area contributed by atoms with Crippen molar-refractivity contribution in [3.8, 4) is 6.07 Å². The molecule has 2 rings (SSSR count). The van der Waals surface area contributed by atoms with Crippen LogP contribution in [0.5, 0.6) is 0 Å². The molecular weight excluding hydrogens is 278 g/mol. The van der Waals surface area contributed by atoms with Crippen molar-refractivity contribution in [1.82, 2.24) is 9.97 Å². The van der Waals surface area contributed by atoms with E-state index in [4.69, 9.17) is 10.4 Å². The summed E-state index contributed by atoms with van der Waals surface area (Å²) >= 11 is 0. The van der Waals surface area contributed by atoms with Crippen molar-refractivity contribution in [3.63, 3.8) is 0 Å². The van der Waals surface area contributed by atoms with Crippen LogP contribution < -0.4 is 10.5 Å². The number of aromatic nitrogens is 2. The molecule has 0 aliphatic rings. The molecule has 0 atom stereocenters. The molecule has 0 saturated heterocycles. The quantitative estimate of drug-likeness (QED) is 0.850. The minimum atomic E-state index is -3.71. The predicted molar refractivity (Wildman–Crippen MR) is 71.9 cm³/mol. The third-order valence-electron chi connectivity index (χ3n) is 2.47. The Hall–Kier alpha value is -2.50. The fraction of sp³-hybridized carbons (Fsp3) is 0.0833. The second-order valence-corrected chi connectivity index (χ2v) is 5.51. The number of nitrogens with two attached hydrogens (primary N) is 1. The maximum absolute atomic E-state index is 11.2. The maximum atomic E-state index is 11.2. The Morgan fingerprint density at radius 1 is 1.30 bits per heavy atom. The van der Waals surface area contributed by atoms with E-state index in [0.29, 0.717) is 12.4 Å². The number of hydrogen-bond donors (Lipinski definition) is 2. The molecule has 1 aromatic heterocycles. The lowest BCUT2D eigenvalue weighted by atomic mass is 10.2. The molecule has 102 valence electrons. The molecule has 20 heavy (non-hydrogen) atoms. The number of nitrogens with zero attached hydrogens (tertiary/aromatic N) is 3. The van der Waals surface area contributed by atoms with E-state index in [1.54, 1.807) is 12.1 Å². The van der Waals surface area contributed by atoms with Gasteiger partial charge < -0.3 is 5.32 Å². The third kappa shape index (κ3) is 3.50. The van der Waals surface area contributed by atoms with Crippen LogP contribution in [0.15, 0.2) is 41.6 Å². The van der Waals surface area contributed by atoms with E-state index in [9.17, 15) is 8.42 Å². The van der Waals surface area contributed by atoms with Crippen LogP contribution in [0.25, 0.3) is 0 Å². The van der Waals surface area contributed by atoms with Crippen LogP contribution >= 0.6 is 0 Å². The van der Waals surface area contributed by atoms with Crippen LogP contribution in [0.1, 0.15) is 11.3 Å². The summed E-state index contributed by atoms with van der Waals surface area (Å²) in [7, 11) is -3.71. The summed E-state index contributed by atoms with van der Waals surface area (Å²) in [6.45, 7) is 0.365. The van der Waals surface area contributed by atoms with Gasteiger partial charge in [-0.2, -0.15) is 5.26 Å². The Balaban J connectivity index is 2.09. The summed E-state index contributed by atoms with van der Waals surface area (Å²) in [6, 6.07) is 8.16. The van der Waals surface area contributed by atoms with Gasteiger partial charge in [0, 0.05) is 6.54 Å². The minimum Gasteiger partial charge on any atom is -0.365 e. The van der Waals surface area contributed by atoms with Gasteiger partial charge in [-0.05, 0) is 17.7 Å². The van der Waals surface area contributed by atoms with E-state index in [0.717, 1.165) is 5.56 Å². The van der Waals surface area contributed by atoms with Crippen molar-refractivity contribution >= 4 is 15.8 Å². The zero-order valence-electron chi connectivity index (χ0n) is 10.3. The smallest absolute Gasteiger partial charge is 0.238 e. The lowest BCUT2D eigenvalue weighted by molar-refractivity contribution is 0.597. The molecule has 1 heterocycles. The van der Waals surface area contributed by atoms with Gasteiger partial charge in [0.15, 0.2) is 5.69 Å². The first-order valence-electron chi connectivity index (χ1n) is 5.57. The Labute approximate surface area is 116 Å². The highest BCUT2D eigenvalue weighted by molar-refractivity contribution is 7.89. The molecule has 0 bridgehead atoms. The molecule has 7 nitrogen and oxygen atoms in total. The topological polar surface area (TPSA) is 122 Å². The molecule has 0 aliphatic carbocycles. The summed E-state index contributed by atoms with van der Waals surface area (Å²) in [6.07, 6.45) is 2.78. The van der Waals surface area contributed by atoms with Crippen LogP contribution in [0.2, 0.25) is 0 Å². The molecule has 3 N–H and O–H groups in total.